The number of aromatic nitrogens is 8. The lowest BCUT2D eigenvalue weighted by molar-refractivity contribution is 0.0938. The van der Waals surface area contributed by atoms with Gasteiger partial charge in [0.15, 0.2) is 0 Å². The van der Waals surface area contributed by atoms with Gasteiger partial charge in [0.2, 0.25) is 23.8 Å². The van der Waals surface area contributed by atoms with Crippen molar-refractivity contribution in [3.05, 3.63) is 428 Å². The number of aliphatic hydroxyl groups is 1. The van der Waals surface area contributed by atoms with Crippen molar-refractivity contribution < 1.29 is 44.7 Å². The number of benzene rings is 12. The highest BCUT2D eigenvalue weighted by Gasteiger charge is 2.35. The van der Waals surface area contributed by atoms with Crippen LogP contribution in [0.25, 0.3) is 45.0 Å². The van der Waals surface area contributed by atoms with Crippen molar-refractivity contribution in [2.75, 3.05) is 134 Å². The lowest BCUT2D eigenvalue weighted by Gasteiger charge is -2.34. The van der Waals surface area contributed by atoms with Gasteiger partial charge in [-0.2, -0.15) is 8.42 Å². The van der Waals surface area contributed by atoms with E-state index in [4.69, 9.17) is 33.6 Å². The first-order valence-electron chi connectivity index (χ1n) is 49.0. The molecule has 2 aliphatic heterocycles. The summed E-state index contributed by atoms with van der Waals surface area (Å²) in [5.74, 6) is 1.04. The summed E-state index contributed by atoms with van der Waals surface area (Å²) in [6.45, 7) is 14.3. The van der Waals surface area contributed by atoms with Gasteiger partial charge in [-0.25, -0.2) is 57.4 Å². The minimum atomic E-state index is -3.47. The van der Waals surface area contributed by atoms with Gasteiger partial charge in [0.25, 0.3) is 10.1 Å². The molecule has 732 valence electrons. The van der Waals surface area contributed by atoms with E-state index in [1.165, 1.54) is 35.4 Å². The van der Waals surface area contributed by atoms with Crippen LogP contribution in [-0.2, 0) is 75.5 Å². The van der Waals surface area contributed by atoms with E-state index < -0.39 is 10.1 Å². The van der Waals surface area contributed by atoms with Gasteiger partial charge in [-0.05, 0) is 200 Å². The molecule has 6 heterocycles. The predicted octanol–water partition coefficient (Wildman–Crippen LogP) is 21.4. The highest BCUT2D eigenvalue weighted by atomic mass is 32.2. The number of ether oxygens (including phenoxy) is 2. The van der Waals surface area contributed by atoms with Crippen LogP contribution >= 0.6 is 0 Å². The van der Waals surface area contributed by atoms with Crippen molar-refractivity contribution in [2.24, 2.45) is 0 Å². The Labute approximate surface area is 837 Å². The van der Waals surface area contributed by atoms with Crippen LogP contribution in [0.3, 0.4) is 0 Å². The molecule has 144 heavy (non-hydrogen) atoms. The fourth-order valence-corrected chi connectivity index (χ4v) is 20.6. The summed E-state index contributed by atoms with van der Waals surface area (Å²) in [5.41, 5.74) is 26.6. The number of hydrogen-bond acceptors (Lipinski definition) is 22. The maximum Gasteiger partial charge on any atom is 0.264 e. The second kappa shape index (κ2) is 46.3. The molecule has 0 bridgehead atoms. The number of rotatable bonds is 28. The SMILES string of the molecule is COCCN1CCN(CCc2cccc(Nc3ncc4c(n3)-c3ccccc3C(c3ccccc3F)C4)c2)CC1.COCCN1CCN(Cc2cccc(Nc3ncc4c(n3)-c3ccccc3[C@H](c3ccccc3F)C4)c2)CC1.CS(=O)(=O)OCCc1cccc(Nc2ncc3c(n2)-c2ccccc2C(c2ccccc2F)C3)c1.OCc1cccc(Nc2ncc3c(n2)-c2ccccc2[C@H](c2ccccc2F)C3)c1. The van der Waals surface area contributed by atoms with Crippen LogP contribution in [0.2, 0.25) is 0 Å². The first kappa shape index (κ1) is 98.3. The molecule has 0 saturated carbocycles. The second-order valence-corrected chi connectivity index (χ2v) is 38.6. The van der Waals surface area contributed by atoms with E-state index in [0.29, 0.717) is 78.2 Å². The summed E-state index contributed by atoms with van der Waals surface area (Å²) in [6, 6.07) is 92.5. The topological polar surface area (TPSA) is 246 Å². The first-order chi connectivity index (χ1) is 70.4. The molecule has 22 rings (SSSR count). The Morgan fingerprint density at radius 2 is 0.590 bits per heavy atom. The van der Waals surface area contributed by atoms with Crippen molar-refractivity contribution in [2.45, 2.75) is 75.3 Å². The Morgan fingerprint density at radius 1 is 0.319 bits per heavy atom. The van der Waals surface area contributed by atoms with Crippen LogP contribution in [0.15, 0.2) is 316 Å². The number of piperazine rings is 2. The molecule has 4 atom stereocenters. The predicted molar refractivity (Wildman–Crippen MR) is 559 cm³/mol. The Kier molecular flexibility index (Phi) is 31.6. The molecule has 4 aromatic heterocycles. The van der Waals surface area contributed by atoms with Crippen LogP contribution < -0.4 is 21.3 Å². The average Bonchev–Trinajstić information content (AvgIpc) is 0.767. The van der Waals surface area contributed by atoms with Gasteiger partial charge in [0.05, 0.1) is 55.5 Å². The number of halogens is 4. The largest absolute Gasteiger partial charge is 0.392 e. The van der Waals surface area contributed by atoms with Gasteiger partial charge in [0.1, 0.15) is 23.3 Å². The summed E-state index contributed by atoms with van der Waals surface area (Å²) in [4.78, 5) is 47.7. The van der Waals surface area contributed by atoms with Crippen LogP contribution in [-0.4, -0.2) is 185 Å². The maximum absolute atomic E-state index is 14.8. The zero-order chi connectivity index (χ0) is 98.8. The number of fused-ring (bicyclic) bond motifs is 12. The van der Waals surface area contributed by atoms with Crippen molar-refractivity contribution in [3.63, 3.8) is 0 Å². The highest BCUT2D eigenvalue weighted by molar-refractivity contribution is 7.86. The van der Waals surface area contributed by atoms with Crippen LogP contribution in [0, 0.1) is 23.3 Å². The highest BCUT2D eigenvalue weighted by Crippen LogP contribution is 2.48. The van der Waals surface area contributed by atoms with Crippen LogP contribution in [0.4, 0.5) is 64.1 Å². The molecule has 2 fully saturated rings. The summed E-state index contributed by atoms with van der Waals surface area (Å²) < 4.78 is 96.3. The van der Waals surface area contributed by atoms with E-state index in [0.717, 1.165) is 228 Å². The molecule has 4 aliphatic carbocycles. The number of hydrogen-bond donors (Lipinski definition) is 5. The molecule has 2 unspecified atom stereocenters. The van der Waals surface area contributed by atoms with E-state index in [1.54, 1.807) is 44.7 Å². The average molecular weight is 1950 g/mol. The fourth-order valence-electron chi connectivity index (χ4n) is 20.2. The molecule has 22 nitrogen and oxygen atoms in total. The molecule has 0 spiro atoms. The van der Waals surface area contributed by atoms with E-state index in [-0.39, 0.29) is 60.2 Å². The lowest BCUT2D eigenvalue weighted by Crippen LogP contribution is -2.47. The fraction of sp³-hybridized carbons (Fsp3) is 0.248. The van der Waals surface area contributed by atoms with Gasteiger partial charge >= 0.3 is 0 Å². The summed E-state index contributed by atoms with van der Waals surface area (Å²) >= 11 is 0. The number of aliphatic hydroxyl groups excluding tert-OH is 1. The van der Waals surface area contributed by atoms with Crippen molar-refractivity contribution in [1.82, 2.24) is 59.5 Å². The molecular formula is C117H114F4N16O6S. The van der Waals surface area contributed by atoms with E-state index in [9.17, 15) is 31.1 Å². The second-order valence-electron chi connectivity index (χ2n) is 37.0. The Hall–Kier alpha value is -14.5. The van der Waals surface area contributed by atoms with E-state index in [2.05, 4.69) is 140 Å². The molecule has 0 radical (unpaired) electrons. The zero-order valence-corrected chi connectivity index (χ0v) is 81.5. The lowest BCUT2D eigenvalue weighted by atomic mass is 9.78. The number of anilines is 8. The summed E-state index contributed by atoms with van der Waals surface area (Å²) in [7, 11) is 0.0563. The molecule has 2 saturated heterocycles. The van der Waals surface area contributed by atoms with Crippen molar-refractivity contribution in [3.8, 4) is 45.0 Å². The minimum Gasteiger partial charge on any atom is -0.392 e. The first-order valence-corrected chi connectivity index (χ1v) is 50.8. The normalized spacial score (nSPS) is 16.2. The number of nitrogens with one attached hydrogen (secondary N) is 4. The Bertz CT molecular complexity index is 7320. The van der Waals surface area contributed by atoms with Gasteiger partial charge in [-0.3, -0.25) is 18.9 Å². The third kappa shape index (κ3) is 24.0. The zero-order valence-electron chi connectivity index (χ0n) is 80.7. The van der Waals surface area contributed by atoms with Crippen LogP contribution in [0.1, 0.15) is 113 Å². The van der Waals surface area contributed by atoms with Gasteiger partial charge < -0.3 is 40.7 Å². The molecule has 27 heteroatoms. The quantitative estimate of drug-likeness (QED) is 0.0226. The number of nitrogens with zero attached hydrogens (tertiary/aromatic N) is 12. The van der Waals surface area contributed by atoms with E-state index >= 15 is 0 Å². The smallest absolute Gasteiger partial charge is 0.264 e. The standard InChI is InChI=1S/C33H36FN5O.C32H34FN5O.C27H24FN3O3S.C25H20FN3O/c1-40-20-19-39-17-15-38(16-18-39)14-13-24-7-6-8-26(21-24)36-33-35-23-25-22-30(28-10-4-5-12-31(28)34)27-9-2-3-11-29(27)32(25)37-33;1-39-18-17-37-13-15-38(16-14-37)22-23-7-6-8-25(19-23)35-32-34-21-24-20-29(27-10-4-5-12-30(27)33)26-9-2-3-11-28(26)31(24)36-32;1-35(32,33)34-14-13-18-7-6-8-20(15-18)30-27-29-17-19-16-24(22-10-4-5-12-25(22)28)21-9-2-3-11-23(21)26(19)31-27;26-23-11-4-3-9-20(23)22-13-17-14-27-25(28-18-7-5-6-16(12-18)15-30)29-24(17)21-10-2-1-8-19(21)22/h2-12,21,23,30H,13-20,22H2,1H3,(H,35,36,37);2-12,19,21,29H,13-18,20,22H2,1H3,(H,34,35,36);2-12,15,17,24H,13-14,16H2,1H3,(H,29,30,31);1-12,14,22,30H,13,15H2,(H,27,28,29)/t;29-;;22-/m.1.1/s1. The van der Waals surface area contributed by atoms with Crippen molar-refractivity contribution >= 4 is 56.7 Å². The molecule has 12 aromatic carbocycles. The Morgan fingerprint density at radius 3 is 0.903 bits per heavy atom. The van der Waals surface area contributed by atoms with Gasteiger partial charge in [0, 0.05) is 186 Å². The third-order valence-corrected chi connectivity index (χ3v) is 28.1. The monoisotopic (exact) mass is 1950 g/mol. The summed E-state index contributed by atoms with van der Waals surface area (Å²) in [6.07, 6.45) is 12.5. The molecule has 6 aliphatic rings. The summed E-state index contributed by atoms with van der Waals surface area (Å²) in [5, 5.41) is 22.7. The molecule has 16 aromatic rings. The molecular weight excluding hydrogens is 1830 g/mol. The molecule has 0 amide bonds. The third-order valence-electron chi connectivity index (χ3n) is 27.5. The van der Waals surface area contributed by atoms with E-state index in [1.807, 2.05) is 182 Å². The van der Waals surface area contributed by atoms with Crippen LogP contribution in [0.5, 0.6) is 0 Å². The van der Waals surface area contributed by atoms with Gasteiger partial charge in [-0.1, -0.05) is 218 Å². The maximum atomic E-state index is 14.8. The Balaban J connectivity index is 0.000000122. The minimum absolute atomic E-state index is 0.0224. The van der Waals surface area contributed by atoms with Gasteiger partial charge in [-0.15, -0.1) is 0 Å². The van der Waals surface area contributed by atoms with Crippen molar-refractivity contribution in [1.29, 1.82) is 0 Å². The molecule has 5 N–H and O–H groups in total. The number of methoxy groups -OCH3 is 2.